The maximum absolute atomic E-state index is 10.9. The maximum Gasteiger partial charge on any atom is 0.120 e. The van der Waals surface area contributed by atoms with E-state index in [1.165, 1.54) is 11.8 Å². The molecule has 1 N–H and O–H groups in total. The third kappa shape index (κ3) is 4.77. The Bertz CT molecular complexity index is 1040. The number of aromatic amines is 1. The summed E-state index contributed by atoms with van der Waals surface area (Å²) >= 11 is 13.7. The molecule has 4 nitrogen and oxygen atoms in total. The first-order valence-electron chi connectivity index (χ1n) is 8.64. The van der Waals surface area contributed by atoms with Crippen molar-refractivity contribution in [1.82, 2.24) is 9.97 Å². The molecule has 7 heteroatoms. The largest absolute Gasteiger partial charge is 0.349 e. The molecule has 1 aromatic heterocycles. The van der Waals surface area contributed by atoms with E-state index < -0.39 is 0 Å². The predicted octanol–water partition coefficient (Wildman–Crippen LogP) is 6.16. The van der Waals surface area contributed by atoms with Gasteiger partial charge in [-0.05, 0) is 49.2 Å². The molecular formula is C21H17Cl2N3OS. The maximum atomic E-state index is 10.9. The second-order valence-corrected chi connectivity index (χ2v) is 8.18. The van der Waals surface area contributed by atoms with E-state index >= 15 is 0 Å². The standard InChI is InChI=1S/C21H17Cl2N3OS/c1-13-25-12-19(26-13)17(3-2-8-27)14-4-5-15(11-24)21(9-14)28-20-7-6-16(22)10-18(20)23/h4-10,12,17H,2-3H2,1H3,(H,25,26). The van der Waals surface area contributed by atoms with Crippen molar-refractivity contribution in [1.29, 1.82) is 5.26 Å². The van der Waals surface area contributed by atoms with Crippen molar-refractivity contribution >= 4 is 41.2 Å². The molecule has 1 atom stereocenters. The fourth-order valence-corrected chi connectivity index (χ4v) is 4.42. The number of aldehydes is 1. The summed E-state index contributed by atoms with van der Waals surface area (Å²) in [6.45, 7) is 1.89. The first-order chi connectivity index (χ1) is 13.5. The highest BCUT2D eigenvalue weighted by atomic mass is 35.5. The van der Waals surface area contributed by atoms with Gasteiger partial charge in [0.1, 0.15) is 18.2 Å². The summed E-state index contributed by atoms with van der Waals surface area (Å²) in [7, 11) is 0. The summed E-state index contributed by atoms with van der Waals surface area (Å²) in [6, 6.07) is 13.2. The van der Waals surface area contributed by atoms with E-state index in [0.29, 0.717) is 28.5 Å². The van der Waals surface area contributed by atoms with E-state index in [2.05, 4.69) is 16.0 Å². The molecule has 2 aromatic carbocycles. The number of H-pyrrole nitrogens is 1. The number of nitrogens with one attached hydrogen (secondary N) is 1. The monoisotopic (exact) mass is 429 g/mol. The van der Waals surface area contributed by atoms with Crippen LogP contribution in [0.4, 0.5) is 0 Å². The molecule has 0 amide bonds. The Morgan fingerprint density at radius 2 is 2.07 bits per heavy atom. The molecule has 0 spiro atoms. The number of nitriles is 1. The number of nitrogens with zero attached hydrogens (tertiary/aromatic N) is 2. The first kappa shape index (κ1) is 20.5. The average molecular weight is 430 g/mol. The van der Waals surface area contributed by atoms with Crippen LogP contribution in [-0.2, 0) is 4.79 Å². The van der Waals surface area contributed by atoms with Gasteiger partial charge in [-0.2, -0.15) is 5.26 Å². The molecule has 28 heavy (non-hydrogen) atoms. The number of halogens is 2. The number of aryl methyl sites for hydroxylation is 1. The van der Waals surface area contributed by atoms with Crippen LogP contribution < -0.4 is 0 Å². The van der Waals surface area contributed by atoms with Gasteiger partial charge in [0.05, 0.1) is 16.3 Å². The zero-order valence-electron chi connectivity index (χ0n) is 15.1. The van der Waals surface area contributed by atoms with E-state index in [-0.39, 0.29) is 5.92 Å². The number of aromatic nitrogens is 2. The van der Waals surface area contributed by atoms with Crippen LogP contribution in [0.3, 0.4) is 0 Å². The van der Waals surface area contributed by atoms with Gasteiger partial charge in [-0.1, -0.05) is 41.0 Å². The molecule has 0 radical (unpaired) electrons. The van der Waals surface area contributed by atoms with Crippen molar-refractivity contribution < 1.29 is 4.79 Å². The summed E-state index contributed by atoms with van der Waals surface area (Å²) in [5.41, 5.74) is 2.44. The van der Waals surface area contributed by atoms with Gasteiger partial charge in [0.2, 0.25) is 0 Å². The number of rotatable bonds is 7. The normalized spacial score (nSPS) is 11.8. The Hall–Kier alpha value is -2.26. The molecule has 1 unspecified atom stereocenters. The fourth-order valence-electron chi connectivity index (χ4n) is 2.94. The smallest absolute Gasteiger partial charge is 0.120 e. The first-order valence-corrected chi connectivity index (χ1v) is 10.2. The molecule has 0 aliphatic carbocycles. The zero-order chi connectivity index (χ0) is 20.1. The minimum absolute atomic E-state index is 0.0390. The van der Waals surface area contributed by atoms with Crippen LogP contribution in [0.25, 0.3) is 0 Å². The highest BCUT2D eigenvalue weighted by Crippen LogP contribution is 2.38. The van der Waals surface area contributed by atoms with Crippen LogP contribution in [0, 0.1) is 18.3 Å². The van der Waals surface area contributed by atoms with Crippen LogP contribution in [0.1, 0.15) is 41.4 Å². The van der Waals surface area contributed by atoms with Crippen LogP contribution >= 0.6 is 35.0 Å². The number of imidazole rings is 1. The second kappa shape index (κ2) is 9.29. The molecule has 0 saturated heterocycles. The molecule has 142 valence electrons. The quantitative estimate of drug-likeness (QED) is 0.456. The van der Waals surface area contributed by atoms with Crippen molar-refractivity contribution in [3.63, 3.8) is 0 Å². The number of hydrogen-bond donors (Lipinski definition) is 1. The summed E-state index contributed by atoms with van der Waals surface area (Å²) in [5.74, 6) is 0.783. The predicted molar refractivity (Wildman–Crippen MR) is 112 cm³/mol. The van der Waals surface area contributed by atoms with Gasteiger partial charge in [0.25, 0.3) is 0 Å². The molecular weight excluding hydrogens is 413 g/mol. The third-order valence-corrected chi connectivity index (χ3v) is 6.09. The SMILES string of the molecule is Cc1nc(C(CCC=O)c2ccc(C#N)c(Sc3ccc(Cl)cc3Cl)c2)c[nH]1. The molecule has 1 heterocycles. The summed E-state index contributed by atoms with van der Waals surface area (Å²) in [5, 5.41) is 10.6. The Morgan fingerprint density at radius 1 is 1.25 bits per heavy atom. The van der Waals surface area contributed by atoms with Crippen LogP contribution in [0.5, 0.6) is 0 Å². The van der Waals surface area contributed by atoms with Gasteiger partial charge in [-0.3, -0.25) is 0 Å². The Balaban J connectivity index is 2.00. The lowest BCUT2D eigenvalue weighted by Gasteiger charge is -2.16. The molecule has 0 aliphatic heterocycles. The third-order valence-electron chi connectivity index (χ3n) is 4.30. The van der Waals surface area contributed by atoms with E-state index in [1.807, 2.05) is 31.3 Å². The summed E-state index contributed by atoms with van der Waals surface area (Å²) in [6.07, 6.45) is 3.86. The molecule has 3 rings (SSSR count). The van der Waals surface area contributed by atoms with Crippen molar-refractivity contribution in [2.75, 3.05) is 0 Å². The summed E-state index contributed by atoms with van der Waals surface area (Å²) < 4.78 is 0. The van der Waals surface area contributed by atoms with Crippen molar-refractivity contribution in [3.05, 3.63) is 75.3 Å². The van der Waals surface area contributed by atoms with E-state index in [9.17, 15) is 10.1 Å². The lowest BCUT2D eigenvalue weighted by Crippen LogP contribution is -2.03. The Labute approximate surface area is 177 Å². The molecule has 0 bridgehead atoms. The topological polar surface area (TPSA) is 69.5 Å². The Morgan fingerprint density at radius 3 is 2.71 bits per heavy atom. The van der Waals surface area contributed by atoms with Crippen molar-refractivity contribution in [2.45, 2.75) is 35.5 Å². The Kier molecular flexibility index (Phi) is 6.79. The van der Waals surface area contributed by atoms with Crippen molar-refractivity contribution in [2.24, 2.45) is 0 Å². The van der Waals surface area contributed by atoms with Gasteiger partial charge < -0.3 is 9.78 Å². The van der Waals surface area contributed by atoms with Gasteiger partial charge in [-0.15, -0.1) is 0 Å². The van der Waals surface area contributed by atoms with Gasteiger partial charge in [0.15, 0.2) is 0 Å². The van der Waals surface area contributed by atoms with Gasteiger partial charge in [-0.25, -0.2) is 4.98 Å². The van der Waals surface area contributed by atoms with Gasteiger partial charge >= 0.3 is 0 Å². The molecule has 3 aromatic rings. The lowest BCUT2D eigenvalue weighted by molar-refractivity contribution is -0.107. The molecule has 0 fully saturated rings. The molecule has 0 aliphatic rings. The lowest BCUT2D eigenvalue weighted by atomic mass is 9.91. The van der Waals surface area contributed by atoms with Crippen LogP contribution in [0.2, 0.25) is 10.0 Å². The highest BCUT2D eigenvalue weighted by molar-refractivity contribution is 7.99. The minimum Gasteiger partial charge on any atom is -0.349 e. The van der Waals surface area contributed by atoms with Crippen molar-refractivity contribution in [3.8, 4) is 6.07 Å². The fraction of sp³-hybridized carbons (Fsp3) is 0.190. The number of benzene rings is 2. The number of carbonyl (C=O) groups excluding carboxylic acids is 1. The average Bonchev–Trinajstić information content (AvgIpc) is 3.10. The van der Waals surface area contributed by atoms with Gasteiger partial charge in [0, 0.05) is 33.3 Å². The molecule has 0 saturated carbocycles. The zero-order valence-corrected chi connectivity index (χ0v) is 17.4. The minimum atomic E-state index is -0.0390. The van der Waals surface area contributed by atoms with E-state index in [4.69, 9.17) is 23.2 Å². The highest BCUT2D eigenvalue weighted by Gasteiger charge is 2.19. The summed E-state index contributed by atoms with van der Waals surface area (Å²) in [4.78, 5) is 20.2. The van der Waals surface area contributed by atoms with E-state index in [0.717, 1.165) is 33.2 Å². The van der Waals surface area contributed by atoms with E-state index in [1.54, 1.807) is 18.2 Å². The number of hydrogen-bond acceptors (Lipinski definition) is 4. The second-order valence-electron chi connectivity index (χ2n) is 6.25. The van der Waals surface area contributed by atoms with Crippen LogP contribution in [-0.4, -0.2) is 16.3 Å². The van der Waals surface area contributed by atoms with Crippen LogP contribution in [0.15, 0.2) is 52.4 Å². The number of carbonyl (C=O) groups is 1.